The topological polar surface area (TPSA) is 77.3 Å². The highest BCUT2D eigenvalue weighted by Crippen LogP contribution is 2.63. The third-order valence-corrected chi connectivity index (χ3v) is 19.3. The summed E-state index contributed by atoms with van der Waals surface area (Å²) in [6.07, 6.45) is 16.3. The predicted molar refractivity (Wildman–Crippen MR) is 274 cm³/mol. The van der Waals surface area contributed by atoms with Crippen LogP contribution >= 0.6 is 68.8 Å². The van der Waals surface area contributed by atoms with Gasteiger partial charge in [0.15, 0.2) is 0 Å². The second kappa shape index (κ2) is 17.2. The van der Waals surface area contributed by atoms with Gasteiger partial charge in [0.25, 0.3) is 0 Å². The maximum Gasteiger partial charge on any atom is 0.132 e. The van der Waals surface area contributed by atoms with E-state index in [1.165, 1.54) is 135 Å². The lowest BCUT2D eigenvalue weighted by molar-refractivity contribution is 0.266. The minimum Gasteiger partial charge on any atom is -0.252 e. The highest BCUT2D eigenvalue weighted by atomic mass is 32.1. The molecule has 2 atom stereocenters. The molecule has 2 aromatic carbocycles. The number of rotatable bonds is 16. The van der Waals surface area contributed by atoms with Crippen LogP contribution in [-0.4, -0.2) is 27.5 Å². The van der Waals surface area contributed by atoms with E-state index in [4.69, 9.17) is 27.5 Å². The Labute approximate surface area is 392 Å². The summed E-state index contributed by atoms with van der Waals surface area (Å²) in [5, 5.41) is 2.50. The van der Waals surface area contributed by atoms with E-state index in [0.717, 1.165) is 57.4 Å². The minimum atomic E-state index is -0.121. The second-order valence-electron chi connectivity index (χ2n) is 17.3. The van der Waals surface area contributed by atoms with Crippen LogP contribution in [0.25, 0.3) is 94.0 Å². The Balaban J connectivity index is 1.08. The predicted octanol–water partition coefficient (Wildman–Crippen LogP) is 17.2. The highest BCUT2D eigenvalue weighted by molar-refractivity contribution is 7.26. The summed E-state index contributed by atoms with van der Waals surface area (Å²) in [5.41, 5.74) is 10.6. The van der Waals surface area contributed by atoms with Gasteiger partial charge in [-0.1, -0.05) is 115 Å². The molecule has 0 amide bonds. The summed E-state index contributed by atoms with van der Waals surface area (Å²) in [6.45, 7) is 9.50. The first-order valence-electron chi connectivity index (χ1n) is 22.5. The number of aromatic nitrogens is 6. The Morgan fingerprint density at radius 1 is 0.508 bits per heavy atom. The number of unbranched alkanes of at least 4 members (excludes halogenated alkanes) is 2. The largest absolute Gasteiger partial charge is 0.252 e. The molecule has 8 heterocycles. The summed E-state index contributed by atoms with van der Waals surface area (Å²) in [6, 6.07) is 26.8. The van der Waals surface area contributed by atoms with Crippen LogP contribution in [0.2, 0.25) is 0 Å². The molecule has 0 spiro atoms. The van der Waals surface area contributed by atoms with Crippen molar-refractivity contribution in [2.45, 2.75) is 97.3 Å². The number of hydrogen-bond donors (Lipinski definition) is 0. The zero-order valence-corrected chi connectivity index (χ0v) is 40.8. The minimum absolute atomic E-state index is 0.121. The molecule has 0 bridgehead atoms. The van der Waals surface area contributed by atoms with Crippen LogP contribution < -0.4 is 0 Å². The molecule has 0 N–H and O–H groups in total. The van der Waals surface area contributed by atoms with Gasteiger partial charge in [0, 0.05) is 57.8 Å². The Kier molecular flexibility index (Phi) is 11.3. The van der Waals surface area contributed by atoms with Crippen molar-refractivity contribution >= 4 is 111 Å². The lowest BCUT2D eigenvalue weighted by atomic mass is 9.65. The third-order valence-electron chi connectivity index (χ3n) is 13.5. The second-order valence-corrected chi connectivity index (χ2v) is 22.6. The van der Waals surface area contributed by atoms with Crippen molar-refractivity contribution in [1.82, 2.24) is 27.5 Å². The van der Waals surface area contributed by atoms with Gasteiger partial charge in [-0.2, -0.15) is 17.5 Å². The van der Waals surface area contributed by atoms with Crippen molar-refractivity contribution in [2.75, 3.05) is 0 Å². The Hall–Kier alpha value is -4.30. The van der Waals surface area contributed by atoms with E-state index in [-0.39, 0.29) is 5.41 Å². The number of fused-ring (bicyclic) bond motifs is 7. The van der Waals surface area contributed by atoms with Gasteiger partial charge in [-0.3, -0.25) is 9.97 Å². The molecule has 10 aromatic rings. The molecule has 12 heteroatoms. The molecule has 0 aliphatic heterocycles. The van der Waals surface area contributed by atoms with Crippen LogP contribution in [0.15, 0.2) is 85.2 Å². The SMILES string of the molecule is CCCCC(CC)CC1(CC(CC)CCCC)c2cc(-c3ncc(-c4cc5ccccc5s4)c4nsnc34)sc2-c2sc(-c3ncc(-c4cc5ccccc5s4)c4nsnc34)cc21. The fourth-order valence-corrected chi connectivity index (χ4v) is 16.0. The van der Waals surface area contributed by atoms with Crippen LogP contribution in [0.5, 0.6) is 0 Å². The molecule has 1 aliphatic rings. The number of hydrogen-bond acceptors (Lipinski definition) is 12. The summed E-state index contributed by atoms with van der Waals surface area (Å²) in [7, 11) is 0. The first kappa shape index (κ1) is 41.4. The molecule has 8 aromatic heterocycles. The molecule has 63 heavy (non-hydrogen) atoms. The van der Waals surface area contributed by atoms with Crippen LogP contribution in [-0.2, 0) is 5.41 Å². The van der Waals surface area contributed by atoms with E-state index in [1.54, 1.807) is 22.7 Å². The average Bonchev–Trinajstić information content (AvgIpc) is 4.17. The van der Waals surface area contributed by atoms with Gasteiger partial charge in [0.05, 0.1) is 33.2 Å². The average molecular weight is 937 g/mol. The smallest absolute Gasteiger partial charge is 0.132 e. The molecule has 11 rings (SSSR count). The maximum atomic E-state index is 5.28. The van der Waals surface area contributed by atoms with Crippen LogP contribution in [0.3, 0.4) is 0 Å². The molecule has 1 aliphatic carbocycles. The van der Waals surface area contributed by atoms with E-state index in [1.807, 2.05) is 35.1 Å². The van der Waals surface area contributed by atoms with E-state index in [0.29, 0.717) is 11.8 Å². The monoisotopic (exact) mass is 936 g/mol. The van der Waals surface area contributed by atoms with Crippen LogP contribution in [0.1, 0.15) is 103 Å². The summed E-state index contributed by atoms with van der Waals surface area (Å²) in [4.78, 5) is 18.1. The maximum absolute atomic E-state index is 5.28. The molecule has 0 saturated carbocycles. The van der Waals surface area contributed by atoms with Crippen molar-refractivity contribution in [2.24, 2.45) is 11.8 Å². The molecular weight excluding hydrogens is 889 g/mol. The Morgan fingerprint density at radius 3 is 1.38 bits per heavy atom. The third kappa shape index (κ3) is 7.20. The lowest BCUT2D eigenvalue weighted by Gasteiger charge is -2.37. The number of nitrogens with zero attached hydrogens (tertiary/aromatic N) is 6. The van der Waals surface area contributed by atoms with Crippen LogP contribution in [0.4, 0.5) is 0 Å². The fraction of sp³-hybridized carbons (Fsp3) is 0.333. The molecule has 0 fully saturated rings. The molecule has 2 unspecified atom stereocenters. The fourth-order valence-electron chi connectivity index (χ4n) is 10.1. The van der Waals surface area contributed by atoms with Gasteiger partial charge >= 0.3 is 0 Å². The van der Waals surface area contributed by atoms with E-state index >= 15 is 0 Å². The van der Waals surface area contributed by atoms with Crippen LogP contribution in [0, 0.1) is 11.8 Å². The lowest BCUT2D eigenvalue weighted by Crippen LogP contribution is -2.31. The molecule has 0 saturated heterocycles. The van der Waals surface area contributed by atoms with Gasteiger partial charge in [-0.25, -0.2) is 0 Å². The quantitative estimate of drug-likeness (QED) is 0.0960. The van der Waals surface area contributed by atoms with Gasteiger partial charge in [0.2, 0.25) is 0 Å². The van der Waals surface area contributed by atoms with Crippen molar-refractivity contribution in [1.29, 1.82) is 0 Å². The summed E-state index contributed by atoms with van der Waals surface area (Å²) >= 11 is 9.99. The standard InChI is InChI=1S/C51H48N6S6/c1-5-9-15-29(7-3)25-51(26-30(8-4)16-10-6-2)35-23-41(45-47-43(54-62-56-47)33(27-52-45)39-21-31-17-11-13-19-37(31)58-39)60-49(35)50-36(51)24-42(61-50)46-48-44(55-63-57-48)34(28-53-46)40-22-32-18-12-14-20-38(32)59-40/h11-14,17-24,27-30H,5-10,15-16,25-26H2,1-4H3. The number of benzene rings is 2. The van der Waals surface area contributed by atoms with E-state index < -0.39 is 0 Å². The Morgan fingerprint density at radius 2 is 0.952 bits per heavy atom. The van der Waals surface area contributed by atoms with Gasteiger partial charge < -0.3 is 0 Å². The normalized spacial score (nSPS) is 14.3. The molecule has 6 nitrogen and oxygen atoms in total. The van der Waals surface area contributed by atoms with E-state index in [9.17, 15) is 0 Å². The van der Waals surface area contributed by atoms with Gasteiger partial charge in [-0.05, 0) is 83.0 Å². The summed E-state index contributed by atoms with van der Waals surface area (Å²) in [5.74, 6) is 1.25. The molecule has 0 radical (unpaired) electrons. The summed E-state index contributed by atoms with van der Waals surface area (Å²) < 4.78 is 22.3. The number of thiophene rings is 4. The van der Waals surface area contributed by atoms with Crippen molar-refractivity contribution < 1.29 is 0 Å². The first-order chi connectivity index (χ1) is 31.0. The zero-order chi connectivity index (χ0) is 42.7. The first-order valence-corrected chi connectivity index (χ1v) is 27.2. The Bertz CT molecular complexity index is 2970. The number of pyridine rings is 2. The van der Waals surface area contributed by atoms with Crippen molar-refractivity contribution in [3.8, 4) is 51.8 Å². The van der Waals surface area contributed by atoms with E-state index in [2.05, 4.69) is 100 Å². The van der Waals surface area contributed by atoms with Gasteiger partial charge in [0.1, 0.15) is 33.5 Å². The van der Waals surface area contributed by atoms with Crippen molar-refractivity contribution in [3.05, 3.63) is 96.3 Å². The highest BCUT2D eigenvalue weighted by Gasteiger charge is 2.48. The molecular formula is C51H48N6S6. The zero-order valence-electron chi connectivity index (χ0n) is 35.9. The van der Waals surface area contributed by atoms with Crippen molar-refractivity contribution in [3.63, 3.8) is 0 Å². The molecule has 318 valence electrons. The van der Waals surface area contributed by atoms with Gasteiger partial charge in [-0.15, -0.1) is 45.3 Å².